The van der Waals surface area contributed by atoms with Gasteiger partial charge in [0.05, 0.1) is 0 Å². The molecule has 0 bridgehead atoms. The summed E-state index contributed by atoms with van der Waals surface area (Å²) in [5, 5.41) is 0. The van der Waals surface area contributed by atoms with Gasteiger partial charge in [-0.05, 0) is 36.6 Å². The van der Waals surface area contributed by atoms with Gasteiger partial charge in [-0.25, -0.2) is 4.79 Å². The van der Waals surface area contributed by atoms with Crippen molar-refractivity contribution in [3.05, 3.63) is 29.8 Å². The van der Waals surface area contributed by atoms with E-state index in [1.54, 1.807) is 4.90 Å². The molecule has 1 heterocycles. The first-order chi connectivity index (χ1) is 8.63. The summed E-state index contributed by atoms with van der Waals surface area (Å²) in [6.45, 7) is 4.45. The van der Waals surface area contributed by atoms with Gasteiger partial charge in [0, 0.05) is 25.8 Å². The number of likely N-dealkylation sites (N-methyl/N-ethyl adjacent to an activating group) is 1. The quantitative estimate of drug-likeness (QED) is 0.884. The van der Waals surface area contributed by atoms with E-state index in [1.165, 1.54) is 5.56 Å². The molecule has 0 spiro atoms. The maximum Gasteiger partial charge on any atom is 0.324 e. The van der Waals surface area contributed by atoms with Crippen molar-refractivity contribution in [1.82, 2.24) is 4.90 Å². The average Bonchev–Trinajstić information content (AvgIpc) is 2.71. The van der Waals surface area contributed by atoms with Gasteiger partial charge in [0.15, 0.2) is 0 Å². The Labute approximate surface area is 108 Å². The van der Waals surface area contributed by atoms with E-state index in [9.17, 15) is 4.79 Å². The Balaban J connectivity index is 2.10. The summed E-state index contributed by atoms with van der Waals surface area (Å²) < 4.78 is 0. The minimum atomic E-state index is 0.0813. The van der Waals surface area contributed by atoms with Crippen LogP contribution in [0.2, 0.25) is 0 Å². The van der Waals surface area contributed by atoms with Gasteiger partial charge in [-0.2, -0.15) is 0 Å². The van der Waals surface area contributed by atoms with Gasteiger partial charge in [-0.15, -0.1) is 0 Å². The Morgan fingerprint density at radius 2 is 1.94 bits per heavy atom. The second-order valence-corrected chi connectivity index (χ2v) is 4.93. The molecule has 2 N–H and O–H groups in total. The Morgan fingerprint density at radius 3 is 2.44 bits per heavy atom. The average molecular weight is 247 g/mol. The van der Waals surface area contributed by atoms with Crippen LogP contribution in [-0.2, 0) is 0 Å². The van der Waals surface area contributed by atoms with E-state index < -0.39 is 0 Å². The molecule has 1 saturated heterocycles. The molecule has 0 saturated carbocycles. The summed E-state index contributed by atoms with van der Waals surface area (Å²) in [6.07, 6.45) is 0.991. The van der Waals surface area contributed by atoms with Crippen molar-refractivity contribution < 1.29 is 4.79 Å². The van der Waals surface area contributed by atoms with Crippen molar-refractivity contribution in [3.63, 3.8) is 0 Å². The summed E-state index contributed by atoms with van der Waals surface area (Å²) in [4.78, 5) is 15.4. The number of amides is 2. The van der Waals surface area contributed by atoms with Gasteiger partial charge < -0.3 is 10.6 Å². The highest BCUT2D eigenvalue weighted by molar-refractivity contribution is 5.93. The van der Waals surface area contributed by atoms with Crippen LogP contribution in [0.3, 0.4) is 0 Å². The van der Waals surface area contributed by atoms with Crippen LogP contribution in [0.1, 0.15) is 24.8 Å². The van der Waals surface area contributed by atoms with Gasteiger partial charge in [-0.3, -0.25) is 4.90 Å². The Morgan fingerprint density at radius 1 is 1.28 bits per heavy atom. The molecule has 4 nitrogen and oxygen atoms in total. The highest BCUT2D eigenvalue weighted by atomic mass is 16.2. The molecule has 2 rings (SSSR count). The number of nitrogens with zero attached hydrogens (tertiary/aromatic N) is 2. The highest BCUT2D eigenvalue weighted by Crippen LogP contribution is 2.24. The lowest BCUT2D eigenvalue weighted by molar-refractivity contribution is 0.229. The molecule has 0 aromatic heterocycles. The lowest BCUT2D eigenvalue weighted by Gasteiger charge is -2.17. The molecule has 1 fully saturated rings. The van der Waals surface area contributed by atoms with Gasteiger partial charge >= 0.3 is 6.03 Å². The SMILES string of the molecule is CC(CCN)c1ccc(N2CCN(C)C2=O)cc1. The third-order valence-corrected chi connectivity index (χ3v) is 3.59. The highest BCUT2D eigenvalue weighted by Gasteiger charge is 2.26. The zero-order valence-corrected chi connectivity index (χ0v) is 11.1. The molecule has 0 aliphatic carbocycles. The molecule has 1 aliphatic heterocycles. The lowest BCUT2D eigenvalue weighted by Crippen LogP contribution is -2.29. The number of carbonyl (C=O) groups excluding carboxylic acids is 1. The van der Waals surface area contributed by atoms with Gasteiger partial charge in [0.1, 0.15) is 0 Å². The van der Waals surface area contributed by atoms with Crippen LogP contribution in [0.5, 0.6) is 0 Å². The summed E-state index contributed by atoms with van der Waals surface area (Å²) in [7, 11) is 1.83. The van der Waals surface area contributed by atoms with Crippen molar-refractivity contribution in [2.45, 2.75) is 19.3 Å². The minimum absolute atomic E-state index is 0.0813. The van der Waals surface area contributed by atoms with Gasteiger partial charge in [0.2, 0.25) is 0 Å². The van der Waals surface area contributed by atoms with Crippen LogP contribution in [-0.4, -0.2) is 37.6 Å². The fraction of sp³-hybridized carbons (Fsp3) is 0.500. The third kappa shape index (κ3) is 2.48. The van der Waals surface area contributed by atoms with Crippen molar-refractivity contribution >= 4 is 11.7 Å². The monoisotopic (exact) mass is 247 g/mol. The smallest absolute Gasteiger partial charge is 0.324 e. The van der Waals surface area contributed by atoms with E-state index in [4.69, 9.17) is 5.73 Å². The molecule has 0 radical (unpaired) electrons. The van der Waals surface area contributed by atoms with Gasteiger partial charge in [-0.1, -0.05) is 19.1 Å². The number of urea groups is 1. The van der Waals surface area contributed by atoms with E-state index in [0.29, 0.717) is 12.5 Å². The summed E-state index contributed by atoms with van der Waals surface area (Å²) >= 11 is 0. The molecule has 2 amide bonds. The standard InChI is InChI=1S/C14H21N3O/c1-11(7-8-15)12-3-5-13(6-4-12)17-10-9-16(2)14(17)18/h3-6,11H,7-10,15H2,1-2H3. The van der Waals surface area contributed by atoms with Crippen LogP contribution in [0, 0.1) is 0 Å². The largest absolute Gasteiger partial charge is 0.330 e. The maximum atomic E-state index is 11.9. The summed E-state index contributed by atoms with van der Waals surface area (Å²) in [5.74, 6) is 0.473. The van der Waals surface area contributed by atoms with Crippen molar-refractivity contribution in [1.29, 1.82) is 0 Å². The Bertz CT molecular complexity index is 416. The minimum Gasteiger partial charge on any atom is -0.330 e. The molecule has 18 heavy (non-hydrogen) atoms. The number of hydrogen-bond donors (Lipinski definition) is 1. The number of hydrogen-bond acceptors (Lipinski definition) is 2. The molecule has 1 aromatic rings. The lowest BCUT2D eigenvalue weighted by atomic mass is 9.98. The predicted molar refractivity (Wildman–Crippen MR) is 73.9 cm³/mol. The molecule has 1 atom stereocenters. The first-order valence-electron chi connectivity index (χ1n) is 6.46. The number of nitrogens with two attached hydrogens (primary N) is 1. The normalized spacial score (nSPS) is 17.4. The fourth-order valence-electron chi connectivity index (χ4n) is 2.29. The second kappa shape index (κ2) is 5.40. The zero-order valence-electron chi connectivity index (χ0n) is 11.1. The molecule has 98 valence electrons. The number of carbonyl (C=O) groups is 1. The molecule has 1 unspecified atom stereocenters. The van der Waals surface area contributed by atoms with E-state index in [-0.39, 0.29) is 6.03 Å². The topological polar surface area (TPSA) is 49.6 Å². The molecule has 1 aromatic carbocycles. The van der Waals surface area contributed by atoms with Crippen LogP contribution in [0.4, 0.5) is 10.5 Å². The first-order valence-corrected chi connectivity index (χ1v) is 6.46. The van der Waals surface area contributed by atoms with Crippen LogP contribution >= 0.6 is 0 Å². The summed E-state index contributed by atoms with van der Waals surface area (Å²) in [5.41, 5.74) is 7.83. The maximum absolute atomic E-state index is 11.9. The Hall–Kier alpha value is -1.55. The Kier molecular flexibility index (Phi) is 3.87. The molecular formula is C14H21N3O. The van der Waals surface area contributed by atoms with E-state index in [0.717, 1.165) is 25.2 Å². The van der Waals surface area contributed by atoms with Gasteiger partial charge in [0.25, 0.3) is 0 Å². The van der Waals surface area contributed by atoms with Crippen LogP contribution < -0.4 is 10.6 Å². The van der Waals surface area contributed by atoms with E-state index in [1.807, 2.05) is 24.1 Å². The van der Waals surface area contributed by atoms with Crippen LogP contribution in [0.15, 0.2) is 24.3 Å². The number of benzene rings is 1. The first kappa shape index (κ1) is 12.9. The molecule has 4 heteroatoms. The van der Waals surface area contributed by atoms with E-state index in [2.05, 4.69) is 19.1 Å². The predicted octanol–water partition coefficient (Wildman–Crippen LogP) is 2.01. The van der Waals surface area contributed by atoms with Crippen molar-refractivity contribution in [3.8, 4) is 0 Å². The number of rotatable bonds is 4. The number of anilines is 1. The second-order valence-electron chi connectivity index (χ2n) is 4.93. The fourth-order valence-corrected chi connectivity index (χ4v) is 2.29. The molecular weight excluding hydrogens is 226 g/mol. The zero-order chi connectivity index (χ0) is 13.1. The van der Waals surface area contributed by atoms with Crippen LogP contribution in [0.25, 0.3) is 0 Å². The molecule has 1 aliphatic rings. The van der Waals surface area contributed by atoms with Crippen molar-refractivity contribution in [2.75, 3.05) is 31.6 Å². The summed E-state index contributed by atoms with van der Waals surface area (Å²) in [6, 6.07) is 8.33. The third-order valence-electron chi connectivity index (χ3n) is 3.59. The van der Waals surface area contributed by atoms with E-state index >= 15 is 0 Å². The van der Waals surface area contributed by atoms with Crippen molar-refractivity contribution in [2.24, 2.45) is 5.73 Å².